The van der Waals surface area contributed by atoms with E-state index in [2.05, 4.69) is 19.2 Å². The molecule has 1 fully saturated rings. The first-order chi connectivity index (χ1) is 8.46. The topological polar surface area (TPSA) is 66.4 Å². The molecule has 18 heavy (non-hydrogen) atoms. The highest BCUT2D eigenvalue weighted by atomic mass is 32.2. The quantitative estimate of drug-likeness (QED) is 0.701. The average Bonchev–Trinajstić information content (AvgIpc) is 2.74. The van der Waals surface area contributed by atoms with E-state index < -0.39 is 11.5 Å². The fourth-order valence-corrected chi connectivity index (χ4v) is 4.04. The summed E-state index contributed by atoms with van der Waals surface area (Å²) in [6.45, 7) is 4.30. The Labute approximate surface area is 117 Å². The molecule has 1 heterocycles. The number of hydrogen-bond donors (Lipinski definition) is 2. The highest BCUT2D eigenvalue weighted by Gasteiger charge is 2.43. The number of thioether (sulfide) groups is 2. The molecule has 6 heteroatoms. The summed E-state index contributed by atoms with van der Waals surface area (Å²) in [6.07, 6.45) is 1.60. The van der Waals surface area contributed by atoms with Crippen molar-refractivity contribution in [3.63, 3.8) is 0 Å². The summed E-state index contributed by atoms with van der Waals surface area (Å²) in [5.74, 6) is 2.14. The van der Waals surface area contributed by atoms with Gasteiger partial charge in [-0.25, -0.2) is 4.79 Å². The van der Waals surface area contributed by atoms with Crippen molar-refractivity contribution in [2.45, 2.75) is 32.2 Å². The first-order valence-electron chi connectivity index (χ1n) is 6.16. The zero-order valence-corrected chi connectivity index (χ0v) is 12.5. The summed E-state index contributed by atoms with van der Waals surface area (Å²) in [7, 11) is 0. The number of aliphatic carboxylic acids is 1. The van der Waals surface area contributed by atoms with Crippen LogP contribution in [0.4, 0.5) is 0 Å². The zero-order chi connectivity index (χ0) is 13.6. The maximum Gasteiger partial charge on any atom is 0.330 e. The molecule has 0 aromatic heterocycles. The standard InChI is InChI=1S/C12H21NO3S2/c1-9(2)3-5-17-7-10(14)13-12(11(15)16)4-6-18-8-12/h9H,3-8H2,1-2H3,(H,13,14)(H,15,16). The molecular weight excluding hydrogens is 270 g/mol. The molecule has 1 unspecified atom stereocenters. The molecule has 2 N–H and O–H groups in total. The molecule has 0 radical (unpaired) electrons. The van der Waals surface area contributed by atoms with Gasteiger partial charge in [-0.2, -0.15) is 23.5 Å². The van der Waals surface area contributed by atoms with Gasteiger partial charge >= 0.3 is 5.97 Å². The van der Waals surface area contributed by atoms with E-state index in [0.717, 1.165) is 17.9 Å². The Kier molecular flexibility index (Phi) is 6.35. The molecule has 104 valence electrons. The fourth-order valence-electron chi connectivity index (χ4n) is 1.67. The fraction of sp³-hybridized carbons (Fsp3) is 0.833. The third-order valence-corrected chi connectivity index (χ3v) is 5.06. The molecule has 1 atom stereocenters. The van der Waals surface area contributed by atoms with Gasteiger partial charge in [0.15, 0.2) is 0 Å². The molecule has 1 aliphatic heterocycles. The maximum atomic E-state index is 11.7. The van der Waals surface area contributed by atoms with E-state index in [-0.39, 0.29) is 5.91 Å². The summed E-state index contributed by atoms with van der Waals surface area (Å²) < 4.78 is 0. The van der Waals surface area contributed by atoms with Crippen molar-refractivity contribution in [2.24, 2.45) is 5.92 Å². The molecule has 4 nitrogen and oxygen atoms in total. The number of nitrogens with one attached hydrogen (secondary N) is 1. The number of rotatable bonds is 7. The number of carboxylic acid groups (broad SMARTS) is 1. The van der Waals surface area contributed by atoms with Crippen molar-refractivity contribution < 1.29 is 14.7 Å². The van der Waals surface area contributed by atoms with Crippen LogP contribution in [0.5, 0.6) is 0 Å². The van der Waals surface area contributed by atoms with E-state index in [9.17, 15) is 14.7 Å². The van der Waals surface area contributed by atoms with Gasteiger partial charge in [0, 0.05) is 5.75 Å². The lowest BCUT2D eigenvalue weighted by molar-refractivity contribution is -0.146. The van der Waals surface area contributed by atoms with E-state index in [4.69, 9.17) is 0 Å². The van der Waals surface area contributed by atoms with E-state index in [1.165, 1.54) is 0 Å². The third kappa shape index (κ3) is 4.72. The molecule has 1 amide bonds. The van der Waals surface area contributed by atoms with Crippen LogP contribution in [0.1, 0.15) is 26.7 Å². The first kappa shape index (κ1) is 15.7. The minimum absolute atomic E-state index is 0.159. The maximum absolute atomic E-state index is 11.7. The van der Waals surface area contributed by atoms with E-state index in [1.807, 2.05) is 0 Å². The third-order valence-electron chi connectivity index (χ3n) is 2.88. The summed E-state index contributed by atoms with van der Waals surface area (Å²) >= 11 is 3.15. The second-order valence-corrected chi connectivity index (χ2v) is 7.18. The molecule has 0 saturated carbocycles. The Morgan fingerprint density at radius 3 is 2.72 bits per heavy atom. The van der Waals surface area contributed by atoms with Gasteiger partial charge in [0.1, 0.15) is 5.54 Å². The van der Waals surface area contributed by atoms with Crippen molar-refractivity contribution in [3.8, 4) is 0 Å². The molecule has 0 bridgehead atoms. The highest BCUT2D eigenvalue weighted by molar-refractivity contribution is 8.00. The molecule has 1 aliphatic rings. The molecule has 0 aromatic carbocycles. The number of carbonyl (C=O) groups excluding carboxylic acids is 1. The SMILES string of the molecule is CC(C)CCSCC(=O)NC1(C(=O)O)CCSC1. The summed E-state index contributed by atoms with van der Waals surface area (Å²) in [5.41, 5.74) is -1.03. The molecule has 0 aliphatic carbocycles. The Balaban J connectivity index is 2.32. The predicted molar refractivity (Wildman–Crippen MR) is 77.2 cm³/mol. The van der Waals surface area contributed by atoms with Crippen LogP contribution in [0.25, 0.3) is 0 Å². The molecule has 0 spiro atoms. The van der Waals surface area contributed by atoms with E-state index in [1.54, 1.807) is 23.5 Å². The van der Waals surface area contributed by atoms with Crippen molar-refractivity contribution in [2.75, 3.05) is 23.0 Å². The number of carboxylic acids is 1. The summed E-state index contributed by atoms with van der Waals surface area (Å²) in [6, 6.07) is 0. The Bertz CT molecular complexity index is 302. The van der Waals surface area contributed by atoms with Gasteiger partial charge in [-0.05, 0) is 30.3 Å². The molecule has 1 rings (SSSR count). The second-order valence-electron chi connectivity index (χ2n) is 4.97. The average molecular weight is 291 g/mol. The van der Waals surface area contributed by atoms with Crippen LogP contribution >= 0.6 is 23.5 Å². The second kappa shape index (κ2) is 7.28. The van der Waals surface area contributed by atoms with Gasteiger partial charge < -0.3 is 10.4 Å². The Morgan fingerprint density at radius 1 is 1.50 bits per heavy atom. The minimum atomic E-state index is -1.03. The van der Waals surface area contributed by atoms with Crippen LogP contribution in [-0.2, 0) is 9.59 Å². The van der Waals surface area contributed by atoms with Gasteiger partial charge in [-0.15, -0.1) is 0 Å². The minimum Gasteiger partial charge on any atom is -0.479 e. The Hall–Kier alpha value is -0.360. The van der Waals surface area contributed by atoms with Crippen LogP contribution in [-0.4, -0.2) is 45.5 Å². The van der Waals surface area contributed by atoms with Crippen molar-refractivity contribution >= 4 is 35.4 Å². The van der Waals surface area contributed by atoms with Crippen LogP contribution in [0.15, 0.2) is 0 Å². The van der Waals surface area contributed by atoms with Gasteiger partial charge in [0.25, 0.3) is 0 Å². The van der Waals surface area contributed by atoms with Crippen LogP contribution in [0, 0.1) is 5.92 Å². The van der Waals surface area contributed by atoms with Gasteiger partial charge in [0.2, 0.25) is 5.91 Å². The van der Waals surface area contributed by atoms with Gasteiger partial charge in [-0.3, -0.25) is 4.79 Å². The van der Waals surface area contributed by atoms with Gasteiger partial charge in [-0.1, -0.05) is 13.8 Å². The highest BCUT2D eigenvalue weighted by Crippen LogP contribution is 2.28. The largest absolute Gasteiger partial charge is 0.479 e. The van der Waals surface area contributed by atoms with Gasteiger partial charge in [0.05, 0.1) is 5.75 Å². The number of amides is 1. The van der Waals surface area contributed by atoms with Crippen LogP contribution < -0.4 is 5.32 Å². The number of carbonyl (C=O) groups is 2. The number of hydrogen-bond acceptors (Lipinski definition) is 4. The Morgan fingerprint density at radius 2 is 2.22 bits per heavy atom. The molecule has 0 aromatic rings. The van der Waals surface area contributed by atoms with Crippen LogP contribution in [0.3, 0.4) is 0 Å². The monoisotopic (exact) mass is 291 g/mol. The van der Waals surface area contributed by atoms with Crippen molar-refractivity contribution in [1.82, 2.24) is 5.32 Å². The molecule has 1 saturated heterocycles. The summed E-state index contributed by atoms with van der Waals surface area (Å²) in [4.78, 5) is 23.0. The van der Waals surface area contributed by atoms with Crippen molar-refractivity contribution in [3.05, 3.63) is 0 Å². The first-order valence-corrected chi connectivity index (χ1v) is 8.47. The zero-order valence-electron chi connectivity index (χ0n) is 10.9. The van der Waals surface area contributed by atoms with E-state index >= 15 is 0 Å². The van der Waals surface area contributed by atoms with Crippen LogP contribution in [0.2, 0.25) is 0 Å². The summed E-state index contributed by atoms with van der Waals surface area (Å²) in [5, 5.41) is 11.9. The smallest absolute Gasteiger partial charge is 0.330 e. The normalized spacial score (nSPS) is 23.3. The van der Waals surface area contributed by atoms with E-state index in [0.29, 0.717) is 23.8 Å². The predicted octanol–water partition coefficient (Wildman–Crippen LogP) is 1.84. The molecular formula is C12H21NO3S2. The lowest BCUT2D eigenvalue weighted by Crippen LogP contribution is -2.55. The van der Waals surface area contributed by atoms with Crippen molar-refractivity contribution in [1.29, 1.82) is 0 Å². The lowest BCUT2D eigenvalue weighted by Gasteiger charge is -2.24. The lowest BCUT2D eigenvalue weighted by atomic mass is 9.99.